The number of hydrogen-bond donors (Lipinski definition) is 0. The maximum atomic E-state index is 4.74. The van der Waals surface area contributed by atoms with Crippen molar-refractivity contribution >= 4 is 10.8 Å². The molecule has 2 nitrogen and oxygen atoms in total. The van der Waals surface area contributed by atoms with Crippen LogP contribution in [-0.4, -0.2) is 9.55 Å². The first-order valence-electron chi connectivity index (χ1n) is 11.8. The lowest BCUT2D eigenvalue weighted by Gasteiger charge is -2.24. The lowest BCUT2D eigenvalue weighted by molar-refractivity contribution is 0.807. The van der Waals surface area contributed by atoms with E-state index >= 15 is 0 Å². The highest BCUT2D eigenvalue weighted by molar-refractivity contribution is 5.87. The average molecular weight is 431 g/mol. The van der Waals surface area contributed by atoms with Crippen LogP contribution in [0.4, 0.5) is 0 Å². The number of benzene rings is 4. The van der Waals surface area contributed by atoms with E-state index in [1.165, 1.54) is 38.7 Å². The zero-order chi connectivity index (χ0) is 22.9. The van der Waals surface area contributed by atoms with Crippen LogP contribution in [0.15, 0.2) is 97.3 Å². The molecule has 0 bridgehead atoms. The fourth-order valence-electron chi connectivity index (χ4n) is 4.66. The smallest absolute Gasteiger partial charge is 0.144 e. The Labute approximate surface area is 196 Å². The van der Waals surface area contributed by atoms with Crippen LogP contribution in [0, 0.1) is 0 Å². The lowest BCUT2D eigenvalue weighted by atomic mass is 9.87. The van der Waals surface area contributed by atoms with Crippen molar-refractivity contribution in [3.8, 4) is 28.2 Å². The summed E-state index contributed by atoms with van der Waals surface area (Å²) >= 11 is 0. The van der Waals surface area contributed by atoms with E-state index in [9.17, 15) is 0 Å². The van der Waals surface area contributed by atoms with E-state index in [1.807, 2.05) is 12.3 Å². The Morgan fingerprint density at radius 3 is 1.91 bits per heavy atom. The number of nitrogens with zero attached hydrogens (tertiary/aromatic N) is 2. The second-order valence-electron chi connectivity index (χ2n) is 9.36. The third kappa shape index (κ3) is 3.98. The second-order valence-corrected chi connectivity index (χ2v) is 9.36. The third-order valence-electron chi connectivity index (χ3n) is 6.41. The Morgan fingerprint density at radius 1 is 0.606 bits per heavy atom. The van der Waals surface area contributed by atoms with Crippen molar-refractivity contribution in [2.24, 2.45) is 0 Å². The van der Waals surface area contributed by atoms with Crippen LogP contribution in [0.5, 0.6) is 0 Å². The highest BCUT2D eigenvalue weighted by Crippen LogP contribution is 2.38. The molecule has 5 aromatic rings. The third-order valence-corrected chi connectivity index (χ3v) is 6.41. The molecule has 0 radical (unpaired) electrons. The summed E-state index contributed by atoms with van der Waals surface area (Å²) in [6, 6.07) is 30.6. The molecule has 0 saturated carbocycles. The van der Waals surface area contributed by atoms with Crippen molar-refractivity contribution in [2.45, 2.75) is 39.5 Å². The van der Waals surface area contributed by atoms with Crippen LogP contribution in [0.25, 0.3) is 39.0 Å². The van der Waals surface area contributed by atoms with Gasteiger partial charge in [-0.05, 0) is 63.1 Å². The number of imidazole rings is 1. The minimum atomic E-state index is 0.379. The summed E-state index contributed by atoms with van der Waals surface area (Å²) in [6.45, 7) is 9.14. The van der Waals surface area contributed by atoms with Gasteiger partial charge in [0, 0.05) is 18.0 Å². The first kappa shape index (κ1) is 21.2. The molecule has 0 aliphatic carbocycles. The van der Waals surface area contributed by atoms with E-state index in [0.717, 1.165) is 11.4 Å². The fourth-order valence-corrected chi connectivity index (χ4v) is 4.66. The van der Waals surface area contributed by atoms with E-state index < -0.39 is 0 Å². The van der Waals surface area contributed by atoms with Crippen LogP contribution in [0.2, 0.25) is 0 Å². The minimum absolute atomic E-state index is 0.379. The molecule has 164 valence electrons. The second kappa shape index (κ2) is 8.71. The molecule has 0 aliphatic rings. The standard InChI is InChI=1S/C31H30N2/c1-21(2)28-19-27(26-15-14-23-10-8-9-13-25(23)18-26)20-29(22(3)4)30(28)33-17-16-32-31(33)24-11-6-5-7-12-24/h5-22H,1-4H3. The van der Waals surface area contributed by atoms with Gasteiger partial charge in [0.2, 0.25) is 0 Å². The van der Waals surface area contributed by atoms with E-state index in [2.05, 4.69) is 117 Å². The molecule has 4 aromatic carbocycles. The van der Waals surface area contributed by atoms with Crippen LogP contribution >= 0.6 is 0 Å². The molecule has 0 spiro atoms. The van der Waals surface area contributed by atoms with Gasteiger partial charge in [-0.3, -0.25) is 4.57 Å². The Morgan fingerprint density at radius 2 is 1.24 bits per heavy atom. The molecule has 0 aliphatic heterocycles. The molecule has 2 heteroatoms. The van der Waals surface area contributed by atoms with Gasteiger partial charge in [-0.25, -0.2) is 4.98 Å². The van der Waals surface area contributed by atoms with Crippen molar-refractivity contribution in [1.82, 2.24) is 9.55 Å². The summed E-state index contributed by atoms with van der Waals surface area (Å²) in [5.41, 5.74) is 7.63. The molecule has 1 aromatic heterocycles. The predicted octanol–water partition coefficient (Wildman–Crippen LogP) is 8.61. The topological polar surface area (TPSA) is 17.8 Å². The fraction of sp³-hybridized carbons (Fsp3) is 0.194. The van der Waals surface area contributed by atoms with Crippen molar-refractivity contribution < 1.29 is 0 Å². The van der Waals surface area contributed by atoms with Crippen LogP contribution < -0.4 is 0 Å². The minimum Gasteiger partial charge on any atom is -0.299 e. The van der Waals surface area contributed by atoms with Crippen molar-refractivity contribution in [3.05, 3.63) is 108 Å². The monoisotopic (exact) mass is 430 g/mol. The van der Waals surface area contributed by atoms with Crippen molar-refractivity contribution in [2.75, 3.05) is 0 Å². The van der Waals surface area contributed by atoms with E-state index in [-0.39, 0.29) is 0 Å². The molecule has 5 rings (SSSR count). The summed E-state index contributed by atoms with van der Waals surface area (Å²) in [5, 5.41) is 2.55. The quantitative estimate of drug-likeness (QED) is 0.273. The summed E-state index contributed by atoms with van der Waals surface area (Å²) in [4.78, 5) is 4.74. The molecule has 0 N–H and O–H groups in total. The highest BCUT2D eigenvalue weighted by Gasteiger charge is 2.20. The predicted molar refractivity (Wildman–Crippen MR) is 140 cm³/mol. The molecule has 0 atom stereocenters. The number of fused-ring (bicyclic) bond motifs is 1. The number of hydrogen-bond acceptors (Lipinski definition) is 1. The lowest BCUT2D eigenvalue weighted by Crippen LogP contribution is -2.08. The average Bonchev–Trinajstić information content (AvgIpc) is 3.33. The Hall–Kier alpha value is -3.65. The van der Waals surface area contributed by atoms with Crippen molar-refractivity contribution in [3.63, 3.8) is 0 Å². The van der Waals surface area contributed by atoms with Crippen molar-refractivity contribution in [1.29, 1.82) is 0 Å². The van der Waals surface area contributed by atoms with Crippen LogP contribution in [0.1, 0.15) is 50.7 Å². The van der Waals surface area contributed by atoms with Gasteiger partial charge >= 0.3 is 0 Å². The first-order chi connectivity index (χ1) is 16.0. The number of rotatable bonds is 5. The maximum absolute atomic E-state index is 4.74. The Kier molecular flexibility index (Phi) is 5.60. The summed E-state index contributed by atoms with van der Waals surface area (Å²) in [5.74, 6) is 1.74. The molecule has 33 heavy (non-hydrogen) atoms. The summed E-state index contributed by atoms with van der Waals surface area (Å²) < 4.78 is 2.28. The molecule has 0 unspecified atom stereocenters. The Bertz CT molecular complexity index is 1380. The van der Waals surface area contributed by atoms with E-state index in [4.69, 9.17) is 4.98 Å². The molecule has 0 amide bonds. The normalized spacial score (nSPS) is 11.6. The summed E-state index contributed by atoms with van der Waals surface area (Å²) in [6.07, 6.45) is 4.01. The van der Waals surface area contributed by atoms with Gasteiger partial charge in [0.15, 0.2) is 0 Å². The van der Waals surface area contributed by atoms with E-state index in [1.54, 1.807) is 0 Å². The SMILES string of the molecule is CC(C)c1cc(-c2ccc3ccccc3c2)cc(C(C)C)c1-n1ccnc1-c1ccccc1. The maximum Gasteiger partial charge on any atom is 0.144 e. The van der Waals surface area contributed by atoms with Crippen LogP contribution in [0.3, 0.4) is 0 Å². The zero-order valence-electron chi connectivity index (χ0n) is 19.8. The molecular weight excluding hydrogens is 400 g/mol. The van der Waals surface area contributed by atoms with Gasteiger partial charge in [-0.1, -0.05) is 94.4 Å². The van der Waals surface area contributed by atoms with Gasteiger partial charge in [0.25, 0.3) is 0 Å². The first-order valence-corrected chi connectivity index (χ1v) is 11.8. The molecule has 0 fully saturated rings. The van der Waals surface area contributed by atoms with Gasteiger partial charge in [0.05, 0.1) is 5.69 Å². The van der Waals surface area contributed by atoms with Gasteiger partial charge in [-0.2, -0.15) is 0 Å². The molecular formula is C31H30N2. The molecule has 0 saturated heterocycles. The highest BCUT2D eigenvalue weighted by atomic mass is 15.1. The van der Waals surface area contributed by atoms with Gasteiger partial charge in [0.1, 0.15) is 5.82 Å². The number of aromatic nitrogens is 2. The molecule has 1 heterocycles. The summed E-state index contributed by atoms with van der Waals surface area (Å²) in [7, 11) is 0. The van der Waals surface area contributed by atoms with E-state index in [0.29, 0.717) is 11.8 Å². The zero-order valence-corrected chi connectivity index (χ0v) is 19.8. The Balaban J connectivity index is 1.74. The van der Waals surface area contributed by atoms with Gasteiger partial charge in [-0.15, -0.1) is 0 Å². The largest absolute Gasteiger partial charge is 0.299 e. The van der Waals surface area contributed by atoms with Crippen LogP contribution in [-0.2, 0) is 0 Å². The van der Waals surface area contributed by atoms with Gasteiger partial charge < -0.3 is 0 Å².